The van der Waals surface area contributed by atoms with Gasteiger partial charge in [-0.3, -0.25) is 0 Å². The molecule has 0 unspecified atom stereocenters. The predicted octanol–water partition coefficient (Wildman–Crippen LogP) is -0.533. The third kappa shape index (κ3) is 4.68. The second-order valence-corrected chi connectivity index (χ2v) is 7.72. The van der Waals surface area contributed by atoms with Crippen LogP contribution in [-0.2, 0) is 20.0 Å². The van der Waals surface area contributed by atoms with Gasteiger partial charge in [0.15, 0.2) is 0 Å². The van der Waals surface area contributed by atoms with Crippen molar-refractivity contribution in [3.8, 4) is 0 Å². The highest BCUT2D eigenvalue weighted by atomic mass is 32.2. The molecular formula is C10H15F2N3O4S2. The van der Waals surface area contributed by atoms with Gasteiger partial charge in [-0.15, -0.1) is 0 Å². The molecule has 7 nitrogen and oxygen atoms in total. The summed E-state index contributed by atoms with van der Waals surface area (Å²) in [6, 6.07) is 4.13. The molecule has 0 amide bonds. The molecule has 0 aliphatic carbocycles. The van der Waals surface area contributed by atoms with E-state index in [2.05, 4.69) is 4.72 Å². The number of nitrogens with one attached hydrogen (secondary N) is 2. The highest BCUT2D eigenvalue weighted by Gasteiger charge is 2.29. The highest BCUT2D eigenvalue weighted by Crippen LogP contribution is 2.15. The van der Waals surface area contributed by atoms with Crippen molar-refractivity contribution >= 4 is 20.0 Å². The van der Waals surface area contributed by atoms with Crippen molar-refractivity contribution in [3.63, 3.8) is 0 Å². The van der Waals surface area contributed by atoms with E-state index in [-0.39, 0.29) is 9.79 Å². The second kappa shape index (κ2) is 6.32. The van der Waals surface area contributed by atoms with Crippen LogP contribution in [0.1, 0.15) is 0 Å². The molecule has 1 aromatic carbocycles. The van der Waals surface area contributed by atoms with E-state index in [9.17, 15) is 25.6 Å². The van der Waals surface area contributed by atoms with E-state index in [1.165, 1.54) is 7.05 Å². The molecule has 1 rings (SSSR count). The quantitative estimate of drug-likeness (QED) is 0.615. The summed E-state index contributed by atoms with van der Waals surface area (Å²) in [4.78, 5) is -0.471. The largest absolute Gasteiger partial charge is 0.325 e. The first-order chi connectivity index (χ1) is 9.54. The molecule has 1 aromatic rings. The van der Waals surface area contributed by atoms with Gasteiger partial charge in [-0.1, -0.05) is 0 Å². The van der Waals surface area contributed by atoms with Crippen molar-refractivity contribution in [2.75, 3.05) is 20.1 Å². The monoisotopic (exact) mass is 343 g/mol. The molecule has 0 bridgehead atoms. The summed E-state index contributed by atoms with van der Waals surface area (Å²) in [7, 11) is -6.67. The van der Waals surface area contributed by atoms with Crippen molar-refractivity contribution in [3.05, 3.63) is 24.3 Å². The third-order valence-corrected chi connectivity index (χ3v) is 5.38. The minimum absolute atomic E-state index is 0.142. The Labute approximate surface area is 121 Å². The summed E-state index contributed by atoms with van der Waals surface area (Å²) in [5.41, 5.74) is 4.80. The normalized spacial score (nSPS) is 13.3. The molecule has 120 valence electrons. The second-order valence-electron chi connectivity index (χ2n) is 4.06. The van der Waals surface area contributed by atoms with Gasteiger partial charge in [0.05, 0.1) is 22.9 Å². The lowest BCUT2D eigenvalue weighted by molar-refractivity contribution is 0.0170. The zero-order valence-corrected chi connectivity index (χ0v) is 12.6. The van der Waals surface area contributed by atoms with Crippen LogP contribution in [0.4, 0.5) is 8.78 Å². The Hall–Kier alpha value is -1.14. The fraction of sp³-hybridized carbons (Fsp3) is 0.400. The average molecular weight is 343 g/mol. The van der Waals surface area contributed by atoms with Crippen molar-refractivity contribution < 1.29 is 25.6 Å². The number of alkyl halides is 2. The van der Waals surface area contributed by atoms with Crippen LogP contribution in [0.15, 0.2) is 34.1 Å². The van der Waals surface area contributed by atoms with Crippen LogP contribution in [0.5, 0.6) is 0 Å². The summed E-state index contributed by atoms with van der Waals surface area (Å²) in [5, 5.41) is 0. The number of rotatable bonds is 7. The number of hydrogen-bond donors (Lipinski definition) is 3. The Kier molecular flexibility index (Phi) is 5.39. The van der Waals surface area contributed by atoms with Crippen molar-refractivity contribution in [1.82, 2.24) is 9.44 Å². The van der Waals surface area contributed by atoms with Crippen LogP contribution in [0.25, 0.3) is 0 Å². The van der Waals surface area contributed by atoms with Crippen LogP contribution in [0, 0.1) is 0 Å². The molecule has 0 spiro atoms. The maximum absolute atomic E-state index is 12.9. The van der Waals surface area contributed by atoms with E-state index >= 15 is 0 Å². The minimum Gasteiger partial charge on any atom is -0.325 e. The third-order valence-electron chi connectivity index (χ3n) is 2.53. The molecule has 0 saturated heterocycles. The van der Waals surface area contributed by atoms with Crippen LogP contribution >= 0.6 is 0 Å². The maximum atomic E-state index is 12.9. The van der Waals surface area contributed by atoms with E-state index < -0.39 is 39.1 Å². The zero-order valence-electron chi connectivity index (χ0n) is 11.0. The lowest BCUT2D eigenvalue weighted by Crippen LogP contribution is -2.41. The standard InChI is InChI=1S/C10H15F2N3O4S2/c1-14-20(16,17)8-2-4-9(5-3-8)21(18,19)15-7-10(11,12)6-13/h2-5,14-15H,6-7,13H2,1H3. The molecule has 0 aliphatic rings. The molecule has 0 fully saturated rings. The lowest BCUT2D eigenvalue weighted by atomic mass is 10.3. The van der Waals surface area contributed by atoms with Gasteiger partial charge >= 0.3 is 0 Å². The average Bonchev–Trinajstić information content (AvgIpc) is 2.45. The number of hydrogen-bond acceptors (Lipinski definition) is 5. The van der Waals surface area contributed by atoms with Gasteiger partial charge in [-0.2, -0.15) is 0 Å². The SMILES string of the molecule is CNS(=O)(=O)c1ccc(S(=O)(=O)NCC(F)(F)CN)cc1. The van der Waals surface area contributed by atoms with Crippen molar-refractivity contribution in [2.45, 2.75) is 15.7 Å². The molecule has 0 heterocycles. The van der Waals surface area contributed by atoms with Crippen LogP contribution in [-0.4, -0.2) is 42.9 Å². The van der Waals surface area contributed by atoms with E-state index in [0.29, 0.717) is 0 Å². The molecule has 0 atom stereocenters. The molecule has 11 heteroatoms. The molecule has 0 saturated carbocycles. The Morgan fingerprint density at radius 3 is 1.86 bits per heavy atom. The number of sulfonamides is 2. The summed E-state index contributed by atoms with van der Waals surface area (Å²) in [6.07, 6.45) is 0. The Balaban J connectivity index is 2.96. The van der Waals surface area contributed by atoms with E-state index in [0.717, 1.165) is 24.3 Å². The first kappa shape index (κ1) is 17.9. The Bertz CT molecular complexity index is 688. The van der Waals surface area contributed by atoms with Gasteiger partial charge < -0.3 is 5.73 Å². The Morgan fingerprint density at radius 2 is 1.48 bits per heavy atom. The smallest absolute Gasteiger partial charge is 0.273 e. The minimum atomic E-state index is -4.17. The fourth-order valence-electron chi connectivity index (χ4n) is 1.27. The molecule has 0 aliphatic heterocycles. The van der Waals surface area contributed by atoms with Gasteiger partial charge in [0.25, 0.3) is 5.92 Å². The lowest BCUT2D eigenvalue weighted by Gasteiger charge is -2.14. The van der Waals surface area contributed by atoms with E-state index in [1.807, 2.05) is 0 Å². The van der Waals surface area contributed by atoms with Crippen molar-refractivity contribution in [2.24, 2.45) is 5.73 Å². The van der Waals surface area contributed by atoms with Gasteiger partial charge in [-0.05, 0) is 31.3 Å². The summed E-state index contributed by atoms with van der Waals surface area (Å²) >= 11 is 0. The predicted molar refractivity (Wildman–Crippen MR) is 71.9 cm³/mol. The summed E-state index contributed by atoms with van der Waals surface area (Å²) in [6.45, 7) is -2.13. The van der Waals surface area contributed by atoms with Gasteiger partial charge in [0.2, 0.25) is 20.0 Å². The first-order valence-corrected chi connectivity index (χ1v) is 8.62. The molecular weight excluding hydrogens is 328 g/mol. The van der Waals surface area contributed by atoms with E-state index in [4.69, 9.17) is 5.73 Å². The number of nitrogens with two attached hydrogens (primary N) is 1. The number of benzene rings is 1. The van der Waals surface area contributed by atoms with Crippen LogP contribution in [0.3, 0.4) is 0 Å². The molecule has 0 radical (unpaired) electrons. The van der Waals surface area contributed by atoms with Gasteiger partial charge in [-0.25, -0.2) is 35.1 Å². The van der Waals surface area contributed by atoms with Crippen LogP contribution < -0.4 is 15.2 Å². The van der Waals surface area contributed by atoms with E-state index in [1.54, 1.807) is 4.72 Å². The molecule has 4 N–H and O–H groups in total. The fourth-order valence-corrected chi connectivity index (χ4v) is 3.06. The topological polar surface area (TPSA) is 118 Å². The maximum Gasteiger partial charge on any atom is 0.273 e. The Morgan fingerprint density at radius 1 is 1.05 bits per heavy atom. The summed E-state index contributed by atoms with van der Waals surface area (Å²) in [5.74, 6) is -3.36. The number of halogens is 2. The summed E-state index contributed by atoms with van der Waals surface area (Å²) < 4.78 is 76.1. The van der Waals surface area contributed by atoms with Gasteiger partial charge in [0.1, 0.15) is 0 Å². The highest BCUT2D eigenvalue weighted by molar-refractivity contribution is 7.90. The zero-order chi connectivity index (χ0) is 16.3. The van der Waals surface area contributed by atoms with Gasteiger partial charge in [0, 0.05) is 0 Å². The molecule has 21 heavy (non-hydrogen) atoms. The van der Waals surface area contributed by atoms with Crippen LogP contribution in [0.2, 0.25) is 0 Å². The molecule has 0 aromatic heterocycles. The first-order valence-electron chi connectivity index (χ1n) is 5.65. The van der Waals surface area contributed by atoms with Crippen molar-refractivity contribution in [1.29, 1.82) is 0 Å².